The van der Waals surface area contributed by atoms with Gasteiger partial charge in [-0.25, -0.2) is 0 Å². The molecule has 0 bridgehead atoms. The second-order valence-electron chi connectivity index (χ2n) is 2.18. The lowest BCUT2D eigenvalue weighted by molar-refractivity contribution is 0.892. The molecule has 1 rings (SSSR count). The predicted molar refractivity (Wildman–Crippen MR) is 39.4 cm³/mol. The fourth-order valence-electron chi connectivity index (χ4n) is 0.606. The molecule has 0 saturated heterocycles. The molecule has 1 aromatic heterocycles. The Labute approximate surface area is 59.9 Å². The molecule has 9 heavy (non-hydrogen) atoms. The van der Waals surface area contributed by atoms with Crippen molar-refractivity contribution in [2.24, 2.45) is 0 Å². The molecular weight excluding hydrogens is 131 g/mol. The van der Waals surface area contributed by atoms with Crippen LogP contribution in [0.1, 0.15) is 24.6 Å². The van der Waals surface area contributed by atoms with E-state index in [-0.39, 0.29) is 0 Å². The van der Waals surface area contributed by atoms with Crippen molar-refractivity contribution < 1.29 is 0 Å². The van der Waals surface area contributed by atoms with Gasteiger partial charge in [0.15, 0.2) is 0 Å². The normalized spacial score (nSPS) is 10.6. The highest BCUT2D eigenvalue weighted by Gasteiger charge is 2.04. The third kappa shape index (κ3) is 1.30. The molecule has 2 nitrogen and oxygen atoms in total. The molecule has 1 heterocycles. The zero-order valence-electron chi connectivity index (χ0n) is 5.46. The van der Waals surface area contributed by atoms with Crippen molar-refractivity contribution in [1.29, 1.82) is 0 Å². The molecule has 0 atom stereocenters. The molecule has 0 aliphatic heterocycles. The van der Waals surface area contributed by atoms with Crippen molar-refractivity contribution in [3.8, 4) is 0 Å². The van der Waals surface area contributed by atoms with Gasteiger partial charge in [0.25, 0.3) is 0 Å². The summed E-state index contributed by atoms with van der Waals surface area (Å²) in [5, 5.41) is 3.68. The molecule has 0 fully saturated rings. The Kier molecular flexibility index (Phi) is 1.85. The Morgan fingerprint density at radius 1 is 1.56 bits per heavy atom. The van der Waals surface area contributed by atoms with Gasteiger partial charge in [-0.05, 0) is 17.5 Å². The highest BCUT2D eigenvalue weighted by atomic mass is 32.1. The Morgan fingerprint density at radius 2 is 2.22 bits per heavy atom. The largest absolute Gasteiger partial charge is 0.155 e. The molecule has 0 aliphatic rings. The first-order valence-electron chi connectivity index (χ1n) is 2.79. The van der Waals surface area contributed by atoms with E-state index in [1.54, 1.807) is 0 Å². The zero-order valence-corrected chi connectivity index (χ0v) is 6.27. The Bertz CT molecular complexity index is 197. The van der Waals surface area contributed by atoms with Gasteiger partial charge in [-0.3, -0.25) is 0 Å². The Morgan fingerprint density at radius 3 is 2.44 bits per heavy atom. The lowest BCUT2D eigenvalue weighted by Crippen LogP contribution is -2.09. The molecule has 0 saturated carbocycles. The second kappa shape index (κ2) is 2.48. The number of rotatable bonds is 1. The van der Waals surface area contributed by atoms with Crippen LogP contribution in [0.25, 0.3) is 0 Å². The van der Waals surface area contributed by atoms with Crippen molar-refractivity contribution in [2.75, 3.05) is 0 Å². The van der Waals surface area contributed by atoms with Gasteiger partial charge in [-0.2, -0.15) is 5.10 Å². The zero-order chi connectivity index (χ0) is 6.85. The molecule has 0 amide bonds. The number of hydrogen-bond acceptors (Lipinski definition) is 3. The summed E-state index contributed by atoms with van der Waals surface area (Å²) in [6.07, 6.45) is 0. The molecule has 0 N–H and O–H groups in total. The summed E-state index contributed by atoms with van der Waals surface area (Å²) in [5.74, 6) is 0.449. The van der Waals surface area contributed by atoms with E-state index >= 15 is 0 Å². The number of nitrogens with zero attached hydrogens (tertiary/aromatic N) is 2. The second-order valence-corrected chi connectivity index (χ2v) is 2.96. The quantitative estimate of drug-likeness (QED) is 0.526. The summed E-state index contributed by atoms with van der Waals surface area (Å²) in [5.41, 5.74) is 0.579. The summed E-state index contributed by atoms with van der Waals surface area (Å²) >= 11 is 1.37. The summed E-state index contributed by atoms with van der Waals surface area (Å²) < 4.78 is 3.71. The van der Waals surface area contributed by atoms with Crippen molar-refractivity contribution in [2.45, 2.75) is 19.8 Å². The van der Waals surface area contributed by atoms with Crippen LogP contribution in [-0.2, 0) is 0 Å². The predicted octanol–water partition coefficient (Wildman–Crippen LogP) is 0.455. The summed E-state index contributed by atoms with van der Waals surface area (Å²) in [7, 11) is 5.48. The van der Waals surface area contributed by atoms with Crippen LogP contribution in [0.4, 0.5) is 0 Å². The standard InChI is InChI=1S/C5H7BN2S/c1-3(2)4-5(6)7-8-9-4/h3H,1-2H3. The van der Waals surface area contributed by atoms with E-state index in [4.69, 9.17) is 7.85 Å². The third-order valence-electron chi connectivity index (χ3n) is 1.06. The maximum atomic E-state index is 5.48. The molecule has 2 radical (unpaired) electrons. The average molecular weight is 138 g/mol. The van der Waals surface area contributed by atoms with Gasteiger partial charge in [-0.15, -0.1) is 0 Å². The Hall–Kier alpha value is -0.375. The van der Waals surface area contributed by atoms with E-state index in [2.05, 4.69) is 23.4 Å². The topological polar surface area (TPSA) is 25.8 Å². The molecule has 4 heteroatoms. The van der Waals surface area contributed by atoms with Crippen LogP contribution in [0.3, 0.4) is 0 Å². The maximum Gasteiger partial charge on any atom is 0.146 e. The minimum Gasteiger partial charge on any atom is -0.155 e. The van der Waals surface area contributed by atoms with Crippen LogP contribution in [0.5, 0.6) is 0 Å². The van der Waals surface area contributed by atoms with Crippen molar-refractivity contribution in [3.05, 3.63) is 4.88 Å². The van der Waals surface area contributed by atoms with Crippen LogP contribution >= 0.6 is 11.5 Å². The van der Waals surface area contributed by atoms with Gasteiger partial charge in [0.05, 0.1) is 0 Å². The van der Waals surface area contributed by atoms with E-state index < -0.39 is 0 Å². The van der Waals surface area contributed by atoms with Gasteiger partial charge in [0.1, 0.15) is 7.85 Å². The third-order valence-corrected chi connectivity index (χ3v) is 2.11. The van der Waals surface area contributed by atoms with E-state index in [1.807, 2.05) is 0 Å². The number of hydrogen-bond donors (Lipinski definition) is 0. The van der Waals surface area contributed by atoms with E-state index in [0.29, 0.717) is 11.5 Å². The number of aromatic nitrogens is 2. The van der Waals surface area contributed by atoms with E-state index in [1.165, 1.54) is 11.5 Å². The van der Waals surface area contributed by atoms with Gasteiger partial charge >= 0.3 is 0 Å². The van der Waals surface area contributed by atoms with Gasteiger partial charge in [0, 0.05) is 10.5 Å². The first kappa shape index (κ1) is 6.74. The van der Waals surface area contributed by atoms with Crippen LogP contribution < -0.4 is 5.59 Å². The van der Waals surface area contributed by atoms with Gasteiger partial charge in [0.2, 0.25) is 0 Å². The summed E-state index contributed by atoms with van der Waals surface area (Å²) in [6.45, 7) is 4.15. The SMILES string of the molecule is [B]c1nnsc1C(C)C. The van der Waals surface area contributed by atoms with E-state index in [0.717, 1.165) is 4.88 Å². The lowest BCUT2D eigenvalue weighted by Gasteiger charge is -1.97. The molecular formula is C5H7BN2S. The maximum absolute atomic E-state index is 5.48. The minimum absolute atomic E-state index is 0.449. The molecule has 46 valence electrons. The summed E-state index contributed by atoms with van der Waals surface area (Å²) in [4.78, 5) is 1.08. The van der Waals surface area contributed by atoms with Crippen LogP contribution in [0, 0.1) is 0 Å². The van der Waals surface area contributed by atoms with Gasteiger partial charge < -0.3 is 0 Å². The highest BCUT2D eigenvalue weighted by molar-refractivity contribution is 7.06. The lowest BCUT2D eigenvalue weighted by atomic mass is 9.99. The molecule has 0 aliphatic carbocycles. The average Bonchev–Trinajstić information content (AvgIpc) is 2.13. The molecule has 0 aromatic carbocycles. The fourth-order valence-corrected chi connectivity index (χ4v) is 1.17. The molecule has 0 spiro atoms. The van der Waals surface area contributed by atoms with Crippen LogP contribution in [0.2, 0.25) is 0 Å². The highest BCUT2D eigenvalue weighted by Crippen LogP contribution is 2.12. The monoisotopic (exact) mass is 138 g/mol. The van der Waals surface area contributed by atoms with Crippen LogP contribution in [0.15, 0.2) is 0 Å². The molecule has 1 aromatic rings. The first-order valence-corrected chi connectivity index (χ1v) is 3.57. The van der Waals surface area contributed by atoms with Crippen LogP contribution in [-0.4, -0.2) is 17.4 Å². The first-order chi connectivity index (χ1) is 4.22. The van der Waals surface area contributed by atoms with Crippen molar-refractivity contribution >= 4 is 25.0 Å². The van der Waals surface area contributed by atoms with E-state index in [9.17, 15) is 0 Å². The van der Waals surface area contributed by atoms with Crippen molar-refractivity contribution in [3.63, 3.8) is 0 Å². The van der Waals surface area contributed by atoms with Gasteiger partial charge in [-0.1, -0.05) is 18.3 Å². The van der Waals surface area contributed by atoms with Crippen molar-refractivity contribution in [1.82, 2.24) is 9.59 Å². The smallest absolute Gasteiger partial charge is 0.146 e. The minimum atomic E-state index is 0.449. The Balaban J connectivity index is 2.94. The summed E-state index contributed by atoms with van der Waals surface area (Å²) in [6, 6.07) is 0. The molecule has 0 unspecified atom stereocenters. The fraction of sp³-hybridized carbons (Fsp3) is 0.600.